The fourth-order valence-electron chi connectivity index (χ4n) is 3.60. The van der Waals surface area contributed by atoms with Gasteiger partial charge in [0.1, 0.15) is 0 Å². The monoisotopic (exact) mass is 388 g/mol. The number of aromatic nitrogens is 2. The molecule has 2 aliphatic rings. The highest BCUT2D eigenvalue weighted by Crippen LogP contribution is 2.28. The predicted octanol–water partition coefficient (Wildman–Crippen LogP) is 2.00. The van der Waals surface area contributed by atoms with E-state index < -0.39 is 10.0 Å². The quantitative estimate of drug-likeness (QED) is 0.849. The van der Waals surface area contributed by atoms with Crippen LogP contribution in [0, 0.1) is 6.92 Å². The minimum Gasteiger partial charge on any atom is -0.353 e. The highest BCUT2D eigenvalue weighted by molar-refractivity contribution is 7.89. The van der Waals surface area contributed by atoms with E-state index in [1.807, 2.05) is 13.0 Å². The molecule has 0 radical (unpaired) electrons. The van der Waals surface area contributed by atoms with Crippen molar-refractivity contribution < 1.29 is 13.2 Å². The van der Waals surface area contributed by atoms with Gasteiger partial charge in [0.15, 0.2) is 0 Å². The van der Waals surface area contributed by atoms with Gasteiger partial charge >= 0.3 is 0 Å². The van der Waals surface area contributed by atoms with Crippen LogP contribution < -0.4 is 5.32 Å². The van der Waals surface area contributed by atoms with Gasteiger partial charge in [0, 0.05) is 18.8 Å². The van der Waals surface area contributed by atoms with Gasteiger partial charge in [-0.3, -0.25) is 9.48 Å². The smallest absolute Gasteiger partial charge is 0.243 e. The molecule has 1 aliphatic carbocycles. The Kier molecular flexibility index (Phi) is 4.77. The Labute approximate surface area is 159 Å². The van der Waals surface area contributed by atoms with E-state index in [1.54, 1.807) is 35.1 Å². The molecule has 144 valence electrons. The highest BCUT2D eigenvalue weighted by atomic mass is 32.2. The lowest BCUT2D eigenvalue weighted by molar-refractivity contribution is -0.123. The second kappa shape index (κ2) is 7.09. The van der Waals surface area contributed by atoms with Gasteiger partial charge in [-0.05, 0) is 44.4 Å². The van der Waals surface area contributed by atoms with Crippen molar-refractivity contribution in [2.75, 3.05) is 6.54 Å². The van der Waals surface area contributed by atoms with E-state index in [4.69, 9.17) is 0 Å². The van der Waals surface area contributed by atoms with Crippen molar-refractivity contribution in [2.45, 2.75) is 56.1 Å². The van der Waals surface area contributed by atoms with Crippen LogP contribution >= 0.6 is 0 Å². The Morgan fingerprint density at radius 1 is 1.22 bits per heavy atom. The van der Waals surface area contributed by atoms with Crippen LogP contribution in [0.3, 0.4) is 0 Å². The summed E-state index contributed by atoms with van der Waals surface area (Å²) in [5.41, 5.74) is 1.81. The molecule has 1 saturated carbocycles. The summed E-state index contributed by atoms with van der Waals surface area (Å²) in [4.78, 5) is 12.7. The van der Waals surface area contributed by atoms with E-state index in [2.05, 4.69) is 10.4 Å². The summed E-state index contributed by atoms with van der Waals surface area (Å²) in [6, 6.07) is 8.64. The standard InChI is InChI=1S/C19H24N4O3S/c1-14-5-7-18(8-6-14)27(25,26)22-12-16-9-10-20-23(16)17(13-22)11-19(24)21-15-3-2-4-15/h5-10,15,17H,2-4,11-13H2,1H3,(H,21,24). The summed E-state index contributed by atoms with van der Waals surface area (Å²) >= 11 is 0. The minimum atomic E-state index is -3.62. The number of amides is 1. The van der Waals surface area contributed by atoms with E-state index in [1.165, 1.54) is 4.31 Å². The zero-order valence-electron chi connectivity index (χ0n) is 15.3. The number of fused-ring (bicyclic) bond motifs is 1. The fourth-order valence-corrected chi connectivity index (χ4v) is 5.05. The summed E-state index contributed by atoms with van der Waals surface area (Å²) in [6.45, 7) is 2.42. The maximum Gasteiger partial charge on any atom is 0.243 e. The predicted molar refractivity (Wildman–Crippen MR) is 100 cm³/mol. The summed E-state index contributed by atoms with van der Waals surface area (Å²) in [7, 11) is -3.62. The van der Waals surface area contributed by atoms with Gasteiger partial charge in [-0.25, -0.2) is 8.42 Å². The van der Waals surface area contributed by atoms with Crippen molar-refractivity contribution in [3.63, 3.8) is 0 Å². The summed E-state index contributed by atoms with van der Waals surface area (Å²) < 4.78 is 29.4. The van der Waals surface area contributed by atoms with Crippen molar-refractivity contribution >= 4 is 15.9 Å². The van der Waals surface area contributed by atoms with Crippen LogP contribution in [0.5, 0.6) is 0 Å². The Balaban J connectivity index is 1.55. The molecule has 1 aromatic heterocycles. The topological polar surface area (TPSA) is 84.3 Å². The van der Waals surface area contributed by atoms with Crippen LogP contribution in [0.4, 0.5) is 0 Å². The first kappa shape index (κ1) is 18.2. The molecule has 0 bridgehead atoms. The van der Waals surface area contributed by atoms with E-state index in [0.717, 1.165) is 30.5 Å². The van der Waals surface area contributed by atoms with Crippen LogP contribution in [-0.4, -0.2) is 41.0 Å². The lowest BCUT2D eigenvalue weighted by Crippen LogP contribution is -2.45. The van der Waals surface area contributed by atoms with Gasteiger partial charge in [-0.2, -0.15) is 9.40 Å². The van der Waals surface area contributed by atoms with Gasteiger partial charge in [-0.15, -0.1) is 0 Å². The Hall–Kier alpha value is -2.19. The number of rotatable bonds is 5. The molecular formula is C19H24N4O3S. The van der Waals surface area contributed by atoms with Gasteiger partial charge in [0.25, 0.3) is 0 Å². The van der Waals surface area contributed by atoms with Gasteiger partial charge in [0.05, 0.1) is 29.6 Å². The molecule has 1 aliphatic heterocycles. The molecule has 27 heavy (non-hydrogen) atoms. The number of sulfonamides is 1. The van der Waals surface area contributed by atoms with Crippen LogP contribution in [0.15, 0.2) is 41.4 Å². The fraction of sp³-hybridized carbons (Fsp3) is 0.474. The lowest BCUT2D eigenvalue weighted by atomic mass is 9.93. The zero-order chi connectivity index (χ0) is 19.0. The van der Waals surface area contributed by atoms with Crippen molar-refractivity contribution in [1.82, 2.24) is 19.4 Å². The summed E-state index contributed by atoms with van der Waals surface area (Å²) in [5, 5.41) is 7.35. The lowest BCUT2D eigenvalue weighted by Gasteiger charge is -2.33. The first-order chi connectivity index (χ1) is 12.9. The maximum absolute atomic E-state index is 13.1. The van der Waals surface area contributed by atoms with Crippen molar-refractivity contribution in [3.05, 3.63) is 47.8 Å². The first-order valence-corrected chi connectivity index (χ1v) is 10.8. The van der Waals surface area contributed by atoms with Crippen LogP contribution in [0.2, 0.25) is 0 Å². The molecule has 1 amide bonds. The van der Waals surface area contributed by atoms with E-state index in [-0.39, 0.29) is 42.4 Å². The summed E-state index contributed by atoms with van der Waals surface area (Å²) in [6.07, 6.45) is 5.09. The van der Waals surface area contributed by atoms with Gasteiger partial charge in [-0.1, -0.05) is 17.7 Å². The molecule has 2 heterocycles. The van der Waals surface area contributed by atoms with Crippen molar-refractivity contribution in [1.29, 1.82) is 0 Å². The molecule has 8 heteroatoms. The number of nitrogens with zero attached hydrogens (tertiary/aromatic N) is 3. The highest BCUT2D eigenvalue weighted by Gasteiger charge is 2.35. The van der Waals surface area contributed by atoms with Gasteiger partial charge < -0.3 is 5.32 Å². The van der Waals surface area contributed by atoms with Crippen LogP contribution in [0.1, 0.15) is 43.0 Å². The molecule has 4 rings (SSSR count). The second-order valence-corrected chi connectivity index (χ2v) is 9.37. The van der Waals surface area contributed by atoms with Gasteiger partial charge in [0.2, 0.25) is 15.9 Å². The Morgan fingerprint density at radius 3 is 2.63 bits per heavy atom. The number of aryl methyl sites for hydroxylation is 1. The Bertz CT molecular complexity index is 932. The third kappa shape index (κ3) is 3.64. The van der Waals surface area contributed by atoms with E-state index >= 15 is 0 Å². The number of carbonyl (C=O) groups is 1. The molecule has 1 atom stereocenters. The maximum atomic E-state index is 13.1. The number of hydrogen-bond donors (Lipinski definition) is 1. The van der Waals surface area contributed by atoms with Crippen LogP contribution in [0.25, 0.3) is 0 Å². The van der Waals surface area contributed by atoms with Crippen molar-refractivity contribution in [3.8, 4) is 0 Å². The number of hydrogen-bond acceptors (Lipinski definition) is 4. The Morgan fingerprint density at radius 2 is 1.96 bits per heavy atom. The first-order valence-electron chi connectivity index (χ1n) is 9.32. The number of carbonyl (C=O) groups excluding carboxylic acids is 1. The average molecular weight is 388 g/mol. The summed E-state index contributed by atoms with van der Waals surface area (Å²) in [5.74, 6) is -0.0410. The molecule has 0 spiro atoms. The molecule has 1 aromatic carbocycles. The molecular weight excluding hydrogens is 364 g/mol. The largest absolute Gasteiger partial charge is 0.353 e. The molecule has 7 nitrogen and oxygen atoms in total. The molecule has 2 aromatic rings. The molecule has 1 N–H and O–H groups in total. The molecule has 1 unspecified atom stereocenters. The minimum absolute atomic E-state index is 0.0410. The number of benzene rings is 1. The SMILES string of the molecule is Cc1ccc(S(=O)(=O)N2Cc3ccnn3C(CC(=O)NC3CCC3)C2)cc1. The normalized spacial score (nSPS) is 20.7. The van der Waals surface area contributed by atoms with E-state index in [0.29, 0.717) is 0 Å². The number of nitrogens with one attached hydrogen (secondary N) is 1. The second-order valence-electron chi connectivity index (χ2n) is 7.43. The molecule has 0 saturated heterocycles. The van der Waals surface area contributed by atoms with E-state index in [9.17, 15) is 13.2 Å². The third-order valence-electron chi connectivity index (χ3n) is 5.40. The third-order valence-corrected chi connectivity index (χ3v) is 7.23. The van der Waals surface area contributed by atoms with Crippen LogP contribution in [-0.2, 0) is 21.4 Å². The zero-order valence-corrected chi connectivity index (χ0v) is 16.2. The average Bonchev–Trinajstić information content (AvgIpc) is 3.07. The van der Waals surface area contributed by atoms with Crippen molar-refractivity contribution in [2.24, 2.45) is 0 Å². The molecule has 1 fully saturated rings.